The van der Waals surface area contributed by atoms with Crippen molar-refractivity contribution in [3.63, 3.8) is 0 Å². The van der Waals surface area contributed by atoms with Crippen molar-refractivity contribution < 1.29 is 10.2 Å². The number of rotatable bonds is 4. The molecule has 4 rings (SSSR count). The van der Waals surface area contributed by atoms with Crippen LogP contribution in [0, 0.1) is 31.1 Å². The maximum atomic E-state index is 10.1. The summed E-state index contributed by atoms with van der Waals surface area (Å²) < 4.78 is 0. The van der Waals surface area contributed by atoms with Crippen LogP contribution >= 0.6 is 0 Å². The summed E-state index contributed by atoms with van der Waals surface area (Å²) in [5.74, 6) is 2.37. The molecule has 2 N–H and O–H groups in total. The van der Waals surface area contributed by atoms with E-state index in [1.54, 1.807) is 0 Å². The standard InChI is InChI=1S/C29H40O2/c1-20-18-24(10-12-26(20)30)29(25-11-13-27(31)21(2)19-25)16-14-23(15-17-29)28(3,4)22-8-6-5-7-9-22/h10-13,18-19,22-23,30-31H,5-9,14-17H2,1-4H3. The van der Waals surface area contributed by atoms with E-state index in [4.69, 9.17) is 0 Å². The first-order chi connectivity index (χ1) is 14.7. The van der Waals surface area contributed by atoms with Crippen molar-refractivity contribution >= 4 is 0 Å². The van der Waals surface area contributed by atoms with E-state index in [0.29, 0.717) is 16.9 Å². The van der Waals surface area contributed by atoms with E-state index in [1.807, 2.05) is 26.0 Å². The lowest BCUT2D eigenvalue weighted by atomic mass is 9.55. The Hall–Kier alpha value is -1.96. The van der Waals surface area contributed by atoms with Crippen LogP contribution in [0.2, 0.25) is 0 Å². The summed E-state index contributed by atoms with van der Waals surface area (Å²) in [6.07, 6.45) is 11.8. The highest BCUT2D eigenvalue weighted by atomic mass is 16.3. The summed E-state index contributed by atoms with van der Waals surface area (Å²) in [4.78, 5) is 0. The van der Waals surface area contributed by atoms with E-state index < -0.39 is 0 Å². The molecule has 0 saturated heterocycles. The highest BCUT2D eigenvalue weighted by Gasteiger charge is 2.45. The van der Waals surface area contributed by atoms with Gasteiger partial charge in [-0.2, -0.15) is 0 Å². The van der Waals surface area contributed by atoms with Gasteiger partial charge in [0, 0.05) is 5.41 Å². The number of benzene rings is 2. The fourth-order valence-electron chi connectivity index (χ4n) is 6.68. The predicted octanol–water partition coefficient (Wildman–Crippen LogP) is 7.80. The molecule has 0 radical (unpaired) electrons. The summed E-state index contributed by atoms with van der Waals surface area (Å²) >= 11 is 0. The van der Waals surface area contributed by atoms with Gasteiger partial charge in [-0.1, -0.05) is 57.4 Å². The molecule has 2 heteroatoms. The maximum absolute atomic E-state index is 10.1. The zero-order valence-corrected chi connectivity index (χ0v) is 19.9. The lowest BCUT2D eigenvalue weighted by molar-refractivity contribution is 0.0467. The van der Waals surface area contributed by atoms with Crippen molar-refractivity contribution in [3.05, 3.63) is 58.7 Å². The van der Waals surface area contributed by atoms with Gasteiger partial charge in [-0.3, -0.25) is 0 Å². The van der Waals surface area contributed by atoms with Gasteiger partial charge in [-0.25, -0.2) is 0 Å². The van der Waals surface area contributed by atoms with E-state index in [-0.39, 0.29) is 5.41 Å². The zero-order valence-electron chi connectivity index (χ0n) is 19.9. The summed E-state index contributed by atoms with van der Waals surface area (Å²) in [7, 11) is 0. The number of aromatic hydroxyl groups is 2. The Morgan fingerprint density at radius 2 is 1.16 bits per heavy atom. The van der Waals surface area contributed by atoms with Gasteiger partial charge in [-0.05, 0) is 104 Å². The van der Waals surface area contributed by atoms with Crippen LogP contribution in [0.15, 0.2) is 36.4 Å². The summed E-state index contributed by atoms with van der Waals surface area (Å²) in [6, 6.07) is 12.3. The molecular weight excluding hydrogens is 380 g/mol. The summed E-state index contributed by atoms with van der Waals surface area (Å²) in [5, 5.41) is 20.3. The Bertz CT molecular complexity index is 859. The molecule has 31 heavy (non-hydrogen) atoms. The van der Waals surface area contributed by atoms with Crippen LogP contribution in [0.25, 0.3) is 0 Å². The predicted molar refractivity (Wildman–Crippen MR) is 129 cm³/mol. The number of phenols is 2. The third kappa shape index (κ3) is 4.11. The molecule has 2 aromatic rings. The molecule has 0 unspecified atom stereocenters. The molecule has 0 aliphatic heterocycles. The monoisotopic (exact) mass is 420 g/mol. The number of aryl methyl sites for hydroxylation is 2. The normalized spacial score (nSPS) is 20.6. The Labute approximate surface area is 188 Å². The van der Waals surface area contributed by atoms with Crippen molar-refractivity contribution in [2.24, 2.45) is 17.3 Å². The number of hydrogen-bond acceptors (Lipinski definition) is 2. The quantitative estimate of drug-likeness (QED) is 0.530. The average molecular weight is 421 g/mol. The maximum Gasteiger partial charge on any atom is 0.118 e. The molecule has 0 heterocycles. The Morgan fingerprint density at radius 1 is 0.710 bits per heavy atom. The van der Waals surface area contributed by atoms with Crippen LogP contribution in [-0.2, 0) is 5.41 Å². The number of hydrogen-bond donors (Lipinski definition) is 2. The summed E-state index contributed by atoms with van der Waals surface area (Å²) in [6.45, 7) is 9.06. The van der Waals surface area contributed by atoms with Gasteiger partial charge >= 0.3 is 0 Å². The van der Waals surface area contributed by atoms with Crippen LogP contribution in [-0.4, -0.2) is 10.2 Å². The van der Waals surface area contributed by atoms with Crippen LogP contribution in [0.4, 0.5) is 0 Å². The molecule has 2 nitrogen and oxygen atoms in total. The fourth-order valence-corrected chi connectivity index (χ4v) is 6.68. The van der Waals surface area contributed by atoms with Crippen molar-refractivity contribution in [1.29, 1.82) is 0 Å². The summed E-state index contributed by atoms with van der Waals surface area (Å²) in [5.41, 5.74) is 4.86. The van der Waals surface area contributed by atoms with Crippen molar-refractivity contribution in [3.8, 4) is 11.5 Å². The molecule has 0 aromatic heterocycles. The second-order valence-electron chi connectivity index (χ2n) is 11.0. The first-order valence-corrected chi connectivity index (χ1v) is 12.3. The highest BCUT2D eigenvalue weighted by molar-refractivity contribution is 5.48. The van der Waals surface area contributed by atoms with Crippen LogP contribution in [0.3, 0.4) is 0 Å². The minimum absolute atomic E-state index is 0.0456. The number of phenolic OH excluding ortho intramolecular Hbond substituents is 2. The molecule has 2 saturated carbocycles. The van der Waals surface area contributed by atoms with Crippen molar-refractivity contribution in [1.82, 2.24) is 0 Å². The molecule has 2 aliphatic carbocycles. The minimum Gasteiger partial charge on any atom is -0.508 e. The third-order valence-electron chi connectivity index (χ3n) is 9.05. The molecule has 0 spiro atoms. The molecule has 2 aromatic carbocycles. The topological polar surface area (TPSA) is 40.5 Å². The first-order valence-electron chi connectivity index (χ1n) is 12.3. The van der Waals surface area contributed by atoms with Crippen LogP contribution < -0.4 is 0 Å². The third-order valence-corrected chi connectivity index (χ3v) is 9.05. The highest BCUT2D eigenvalue weighted by Crippen LogP contribution is 2.54. The second kappa shape index (κ2) is 8.52. The Morgan fingerprint density at radius 3 is 1.61 bits per heavy atom. The molecule has 168 valence electrons. The van der Waals surface area contributed by atoms with Crippen LogP contribution in [0.5, 0.6) is 11.5 Å². The lowest BCUT2D eigenvalue weighted by Gasteiger charge is -2.49. The van der Waals surface area contributed by atoms with Crippen LogP contribution in [0.1, 0.15) is 93.9 Å². The molecule has 2 aliphatic rings. The molecule has 0 bridgehead atoms. The van der Waals surface area contributed by atoms with Gasteiger partial charge in [0.05, 0.1) is 0 Å². The van der Waals surface area contributed by atoms with E-state index in [0.717, 1.165) is 35.8 Å². The zero-order chi connectivity index (χ0) is 22.2. The van der Waals surface area contributed by atoms with Crippen molar-refractivity contribution in [2.45, 2.75) is 90.9 Å². The molecule has 2 fully saturated rings. The SMILES string of the molecule is Cc1cc(C2(c3ccc(O)c(C)c3)CCC(C(C)(C)C3CCCCC3)CC2)ccc1O. The van der Waals surface area contributed by atoms with E-state index in [9.17, 15) is 10.2 Å². The minimum atomic E-state index is -0.0456. The first kappa shape index (κ1) is 22.2. The Kier molecular flexibility index (Phi) is 6.12. The largest absolute Gasteiger partial charge is 0.508 e. The molecular formula is C29H40O2. The van der Waals surface area contributed by atoms with Gasteiger partial charge in [-0.15, -0.1) is 0 Å². The van der Waals surface area contributed by atoms with Gasteiger partial charge in [0.2, 0.25) is 0 Å². The second-order valence-corrected chi connectivity index (χ2v) is 11.0. The fraction of sp³-hybridized carbons (Fsp3) is 0.586. The van der Waals surface area contributed by atoms with E-state index in [1.165, 1.54) is 56.1 Å². The Balaban J connectivity index is 1.67. The smallest absolute Gasteiger partial charge is 0.118 e. The molecule has 0 amide bonds. The van der Waals surface area contributed by atoms with Gasteiger partial charge in [0.1, 0.15) is 11.5 Å². The van der Waals surface area contributed by atoms with Crippen molar-refractivity contribution in [2.75, 3.05) is 0 Å². The molecule has 0 atom stereocenters. The van der Waals surface area contributed by atoms with Gasteiger partial charge in [0.15, 0.2) is 0 Å². The van der Waals surface area contributed by atoms with E-state index in [2.05, 4.69) is 38.1 Å². The average Bonchev–Trinajstić information content (AvgIpc) is 2.78. The van der Waals surface area contributed by atoms with Gasteiger partial charge in [0.25, 0.3) is 0 Å². The van der Waals surface area contributed by atoms with E-state index >= 15 is 0 Å². The lowest BCUT2D eigenvalue weighted by Crippen LogP contribution is -2.40. The van der Waals surface area contributed by atoms with Gasteiger partial charge < -0.3 is 10.2 Å².